The summed E-state index contributed by atoms with van der Waals surface area (Å²) in [6.07, 6.45) is 0.514. The Morgan fingerprint density at radius 3 is 2.73 bits per heavy atom. The Morgan fingerprint density at radius 1 is 1.60 bits per heavy atom. The van der Waals surface area contributed by atoms with Crippen molar-refractivity contribution in [3.05, 3.63) is 0 Å². The molecule has 1 heterocycles. The van der Waals surface area contributed by atoms with Crippen LogP contribution in [0.2, 0.25) is 0 Å². The van der Waals surface area contributed by atoms with E-state index in [0.29, 0.717) is 6.54 Å². The summed E-state index contributed by atoms with van der Waals surface area (Å²) >= 11 is 0. The standard InChI is InChI=1S/C8H15FN2O3S/c1-10-3-2-4-11-6-7(5-8(11)12)15(9,13)14/h7,10H,2-6H2,1H3. The maximum absolute atomic E-state index is 12.6. The van der Waals surface area contributed by atoms with Crippen molar-refractivity contribution in [1.29, 1.82) is 0 Å². The number of carbonyl (C=O) groups excluding carboxylic acids is 1. The molecule has 88 valence electrons. The minimum Gasteiger partial charge on any atom is -0.341 e. The lowest BCUT2D eigenvalue weighted by molar-refractivity contribution is -0.127. The lowest BCUT2D eigenvalue weighted by atomic mass is 10.4. The summed E-state index contributed by atoms with van der Waals surface area (Å²) < 4.78 is 33.8. The van der Waals surface area contributed by atoms with Crippen molar-refractivity contribution in [2.24, 2.45) is 0 Å². The summed E-state index contributed by atoms with van der Waals surface area (Å²) in [7, 11) is -2.78. The van der Waals surface area contributed by atoms with Gasteiger partial charge in [0, 0.05) is 19.5 Å². The van der Waals surface area contributed by atoms with Gasteiger partial charge in [-0.2, -0.15) is 8.42 Å². The van der Waals surface area contributed by atoms with Crippen LogP contribution in [-0.2, 0) is 15.0 Å². The number of amides is 1. The van der Waals surface area contributed by atoms with Crippen LogP contribution in [0.3, 0.4) is 0 Å². The average molecular weight is 238 g/mol. The fourth-order valence-electron chi connectivity index (χ4n) is 1.59. The number of hydrogen-bond donors (Lipinski definition) is 1. The summed E-state index contributed by atoms with van der Waals surface area (Å²) in [4.78, 5) is 12.7. The van der Waals surface area contributed by atoms with Crippen molar-refractivity contribution in [2.75, 3.05) is 26.7 Å². The Morgan fingerprint density at radius 2 is 2.27 bits per heavy atom. The van der Waals surface area contributed by atoms with Gasteiger partial charge in [-0.3, -0.25) is 4.79 Å². The molecule has 0 saturated carbocycles. The lowest BCUT2D eigenvalue weighted by Crippen LogP contribution is -2.29. The molecule has 1 rings (SSSR count). The Kier molecular flexibility index (Phi) is 4.04. The molecule has 1 unspecified atom stereocenters. The van der Waals surface area contributed by atoms with Crippen LogP contribution in [0.25, 0.3) is 0 Å². The SMILES string of the molecule is CNCCCN1CC(S(=O)(=O)F)CC1=O. The number of rotatable bonds is 5. The first-order valence-electron chi connectivity index (χ1n) is 4.81. The Hall–Kier alpha value is -0.690. The van der Waals surface area contributed by atoms with Crippen molar-refractivity contribution in [1.82, 2.24) is 10.2 Å². The zero-order chi connectivity index (χ0) is 11.5. The van der Waals surface area contributed by atoms with E-state index in [0.717, 1.165) is 13.0 Å². The number of hydrogen-bond acceptors (Lipinski definition) is 4. The highest BCUT2D eigenvalue weighted by Gasteiger charge is 2.37. The van der Waals surface area contributed by atoms with Crippen LogP contribution in [0.4, 0.5) is 3.89 Å². The third-order valence-corrected chi connectivity index (χ3v) is 3.54. The Balaban J connectivity index is 2.46. The fraction of sp³-hybridized carbons (Fsp3) is 0.875. The second-order valence-electron chi connectivity index (χ2n) is 3.60. The van der Waals surface area contributed by atoms with Gasteiger partial charge in [0.25, 0.3) is 0 Å². The van der Waals surface area contributed by atoms with E-state index in [1.165, 1.54) is 4.90 Å². The van der Waals surface area contributed by atoms with Gasteiger partial charge < -0.3 is 10.2 Å². The van der Waals surface area contributed by atoms with Gasteiger partial charge in [0.2, 0.25) is 5.91 Å². The third-order valence-electron chi connectivity index (χ3n) is 2.43. The molecule has 0 aromatic rings. The molecular formula is C8H15FN2O3S. The zero-order valence-electron chi connectivity index (χ0n) is 8.57. The predicted molar refractivity (Wildman–Crippen MR) is 53.6 cm³/mol. The van der Waals surface area contributed by atoms with Gasteiger partial charge in [0.1, 0.15) is 5.25 Å². The molecular weight excluding hydrogens is 223 g/mol. The summed E-state index contributed by atoms with van der Waals surface area (Å²) in [5, 5.41) is 1.75. The summed E-state index contributed by atoms with van der Waals surface area (Å²) in [5.74, 6) is -0.280. The normalized spacial score (nSPS) is 22.4. The number of halogens is 1. The smallest absolute Gasteiger partial charge is 0.307 e. The van der Waals surface area contributed by atoms with Crippen LogP contribution in [0.5, 0.6) is 0 Å². The van der Waals surface area contributed by atoms with Gasteiger partial charge in [-0.05, 0) is 20.0 Å². The van der Waals surface area contributed by atoms with E-state index in [9.17, 15) is 17.1 Å². The zero-order valence-corrected chi connectivity index (χ0v) is 9.39. The molecule has 1 aliphatic heterocycles. The highest BCUT2D eigenvalue weighted by molar-refractivity contribution is 7.87. The van der Waals surface area contributed by atoms with E-state index in [1.54, 1.807) is 7.05 Å². The van der Waals surface area contributed by atoms with E-state index >= 15 is 0 Å². The van der Waals surface area contributed by atoms with E-state index in [1.807, 2.05) is 0 Å². The van der Waals surface area contributed by atoms with Gasteiger partial charge in [0.05, 0.1) is 0 Å². The van der Waals surface area contributed by atoms with E-state index < -0.39 is 15.5 Å². The topological polar surface area (TPSA) is 66.5 Å². The molecule has 15 heavy (non-hydrogen) atoms. The molecule has 0 bridgehead atoms. The van der Waals surface area contributed by atoms with Crippen molar-refractivity contribution in [3.63, 3.8) is 0 Å². The summed E-state index contributed by atoms with van der Waals surface area (Å²) in [6, 6.07) is 0. The highest BCUT2D eigenvalue weighted by atomic mass is 32.3. The van der Waals surface area contributed by atoms with Crippen molar-refractivity contribution in [3.8, 4) is 0 Å². The Bertz CT molecular complexity index is 331. The molecule has 5 nitrogen and oxygen atoms in total. The molecule has 1 atom stereocenters. The first kappa shape index (κ1) is 12.4. The van der Waals surface area contributed by atoms with Crippen molar-refractivity contribution >= 4 is 16.1 Å². The van der Waals surface area contributed by atoms with E-state index in [4.69, 9.17) is 0 Å². The molecule has 1 aliphatic rings. The van der Waals surface area contributed by atoms with Crippen LogP contribution in [0.15, 0.2) is 0 Å². The first-order chi connectivity index (χ1) is 6.95. The van der Waals surface area contributed by atoms with Gasteiger partial charge >= 0.3 is 10.2 Å². The van der Waals surface area contributed by atoms with Crippen LogP contribution in [0, 0.1) is 0 Å². The first-order valence-corrected chi connectivity index (χ1v) is 6.25. The molecule has 1 N–H and O–H groups in total. The van der Waals surface area contributed by atoms with Gasteiger partial charge in [-0.25, -0.2) is 0 Å². The largest absolute Gasteiger partial charge is 0.341 e. The molecule has 0 aromatic carbocycles. The second-order valence-corrected chi connectivity index (χ2v) is 5.22. The lowest BCUT2D eigenvalue weighted by Gasteiger charge is -2.15. The second kappa shape index (κ2) is 4.89. The van der Waals surface area contributed by atoms with Crippen LogP contribution in [-0.4, -0.2) is 51.2 Å². The Labute approximate surface area is 88.8 Å². The number of nitrogens with one attached hydrogen (secondary N) is 1. The highest BCUT2D eigenvalue weighted by Crippen LogP contribution is 2.19. The van der Waals surface area contributed by atoms with Gasteiger partial charge in [-0.15, -0.1) is 3.89 Å². The molecule has 1 amide bonds. The van der Waals surface area contributed by atoms with Crippen molar-refractivity contribution < 1.29 is 17.1 Å². The maximum atomic E-state index is 12.6. The molecule has 0 aliphatic carbocycles. The monoisotopic (exact) mass is 238 g/mol. The molecule has 0 aromatic heterocycles. The summed E-state index contributed by atoms with van der Waals surface area (Å²) in [6.45, 7) is 1.21. The quantitative estimate of drug-likeness (QED) is 0.518. The van der Waals surface area contributed by atoms with E-state index in [-0.39, 0.29) is 18.9 Å². The molecule has 0 spiro atoms. The van der Waals surface area contributed by atoms with Crippen LogP contribution < -0.4 is 5.32 Å². The summed E-state index contributed by atoms with van der Waals surface area (Å²) in [5.41, 5.74) is 0. The minimum absolute atomic E-state index is 0.0125. The van der Waals surface area contributed by atoms with Gasteiger partial charge in [0.15, 0.2) is 0 Å². The number of nitrogens with zero attached hydrogens (tertiary/aromatic N) is 1. The minimum atomic E-state index is -4.58. The maximum Gasteiger partial charge on any atom is 0.307 e. The number of likely N-dealkylation sites (tertiary alicyclic amines) is 1. The fourth-order valence-corrected chi connectivity index (χ4v) is 2.29. The number of carbonyl (C=O) groups is 1. The molecule has 1 saturated heterocycles. The van der Waals surface area contributed by atoms with E-state index in [2.05, 4.69) is 5.32 Å². The van der Waals surface area contributed by atoms with Crippen LogP contribution >= 0.6 is 0 Å². The predicted octanol–water partition coefficient (Wildman–Crippen LogP) is -0.504. The molecule has 1 fully saturated rings. The van der Waals surface area contributed by atoms with Crippen molar-refractivity contribution in [2.45, 2.75) is 18.1 Å². The van der Waals surface area contributed by atoms with Crippen LogP contribution in [0.1, 0.15) is 12.8 Å². The molecule has 0 radical (unpaired) electrons. The molecule has 7 heteroatoms. The third kappa shape index (κ3) is 3.42. The average Bonchev–Trinajstić information content (AvgIpc) is 2.48. The van der Waals surface area contributed by atoms with Gasteiger partial charge in [-0.1, -0.05) is 0 Å².